The van der Waals surface area contributed by atoms with Crippen LogP contribution in [0.5, 0.6) is 11.5 Å². The molecule has 7 nitrogen and oxygen atoms in total. The smallest absolute Gasteiger partial charge is 0.415 e. The Morgan fingerprint density at radius 2 is 1.66 bits per heavy atom. The molecule has 0 bridgehead atoms. The third kappa shape index (κ3) is 7.17. The van der Waals surface area contributed by atoms with Crippen LogP contribution in [0.3, 0.4) is 0 Å². The van der Waals surface area contributed by atoms with E-state index in [-0.39, 0.29) is 29.9 Å². The van der Waals surface area contributed by atoms with E-state index in [4.69, 9.17) is 9.47 Å². The number of nitrogens with zero attached hydrogens (tertiary/aromatic N) is 2. The van der Waals surface area contributed by atoms with Crippen molar-refractivity contribution in [3.8, 4) is 11.5 Å². The summed E-state index contributed by atoms with van der Waals surface area (Å²) in [5.74, 6) is 0.546. The third-order valence-electron chi connectivity index (χ3n) is 7.72. The Morgan fingerprint density at radius 1 is 1.00 bits per heavy atom. The summed E-state index contributed by atoms with van der Waals surface area (Å²) in [5.41, 5.74) is 3.43. The van der Waals surface area contributed by atoms with Crippen molar-refractivity contribution in [2.24, 2.45) is 11.8 Å². The first-order valence-electron chi connectivity index (χ1n) is 13.8. The van der Waals surface area contributed by atoms with E-state index in [1.165, 1.54) is 13.1 Å². The van der Waals surface area contributed by atoms with E-state index in [2.05, 4.69) is 4.98 Å². The Kier molecular flexibility index (Phi) is 9.22. The van der Waals surface area contributed by atoms with Gasteiger partial charge in [-0.3, -0.25) is 14.6 Å². The fourth-order valence-corrected chi connectivity index (χ4v) is 5.53. The zero-order valence-corrected chi connectivity index (χ0v) is 25.6. The lowest BCUT2D eigenvalue weighted by Crippen LogP contribution is -2.36. The molecule has 1 aliphatic heterocycles. The Bertz CT molecular complexity index is 1410. The lowest BCUT2D eigenvalue weighted by Gasteiger charge is -2.26. The van der Waals surface area contributed by atoms with Crippen LogP contribution in [0.2, 0.25) is 0 Å². The number of pyridine rings is 1. The lowest BCUT2D eigenvalue weighted by molar-refractivity contribution is -0.129. The lowest BCUT2D eigenvalue weighted by atomic mass is 9.84. The topological polar surface area (TPSA) is 85.8 Å². The van der Waals surface area contributed by atoms with Crippen LogP contribution in [0.25, 0.3) is 0 Å². The first-order chi connectivity index (χ1) is 19.4. The molecule has 0 N–H and O–H groups in total. The van der Waals surface area contributed by atoms with E-state index < -0.39 is 11.7 Å². The van der Waals surface area contributed by atoms with E-state index in [9.17, 15) is 14.4 Å². The van der Waals surface area contributed by atoms with Gasteiger partial charge < -0.3 is 14.4 Å². The zero-order valence-electron chi connectivity index (χ0n) is 24.8. The maximum Gasteiger partial charge on any atom is 0.415 e. The average Bonchev–Trinajstić information content (AvgIpc) is 3.35. The highest BCUT2D eigenvalue weighted by Crippen LogP contribution is 2.34. The Labute approximate surface area is 246 Å². The summed E-state index contributed by atoms with van der Waals surface area (Å²) in [4.78, 5) is 45.9. The molecule has 2 aromatic carbocycles. The highest BCUT2D eigenvalue weighted by atomic mass is 32.2. The molecule has 1 aliphatic rings. The molecule has 41 heavy (non-hydrogen) atoms. The summed E-state index contributed by atoms with van der Waals surface area (Å²) in [6, 6.07) is 15.2. The largest absolute Gasteiger partial charge is 0.480 e. The Balaban J connectivity index is 1.59. The van der Waals surface area contributed by atoms with Crippen LogP contribution in [0.1, 0.15) is 53.5 Å². The molecule has 1 aromatic heterocycles. The number of hydrogen-bond acceptors (Lipinski definition) is 7. The van der Waals surface area contributed by atoms with Crippen LogP contribution in [0, 0.1) is 32.6 Å². The second kappa shape index (κ2) is 12.5. The monoisotopic (exact) mass is 574 g/mol. The van der Waals surface area contributed by atoms with Crippen molar-refractivity contribution < 1.29 is 23.9 Å². The van der Waals surface area contributed by atoms with Crippen LogP contribution < -0.4 is 9.47 Å². The molecule has 216 valence electrons. The standard InChI is InChI=1S/C33H38N2O5S/c1-20-14-24(15-21(2)31(20)40-33(5,6)23(4)36)16-26-18-35(32(38)39-27-11-8-22(3)34-17-27)19-29(26)30(37)25-9-12-28(41-7)13-10-25/h8-15,17,26,29H,16,18-19H2,1-7H3. The van der Waals surface area contributed by atoms with Crippen molar-refractivity contribution in [3.63, 3.8) is 0 Å². The number of hydrogen-bond donors (Lipinski definition) is 0. The first-order valence-corrected chi connectivity index (χ1v) is 15.0. The number of thioether (sulfide) groups is 1. The molecule has 1 amide bonds. The van der Waals surface area contributed by atoms with Gasteiger partial charge in [-0.1, -0.05) is 24.3 Å². The quantitative estimate of drug-likeness (QED) is 0.209. The minimum atomic E-state index is -0.931. The first kappa shape index (κ1) is 30.3. The molecule has 4 rings (SSSR count). The predicted octanol–water partition coefficient (Wildman–Crippen LogP) is 6.65. The van der Waals surface area contributed by atoms with Crippen LogP contribution in [-0.2, 0) is 11.2 Å². The summed E-state index contributed by atoms with van der Waals surface area (Å²) in [7, 11) is 0. The summed E-state index contributed by atoms with van der Waals surface area (Å²) < 4.78 is 11.7. The Morgan fingerprint density at radius 3 is 2.22 bits per heavy atom. The molecule has 8 heteroatoms. The van der Waals surface area contributed by atoms with Crippen molar-refractivity contribution in [3.05, 3.63) is 82.7 Å². The molecule has 0 saturated carbocycles. The SMILES string of the molecule is CSc1ccc(C(=O)C2CN(C(=O)Oc3ccc(C)nc3)CC2Cc2cc(C)c(OC(C)(C)C(C)=O)c(C)c2)cc1. The van der Waals surface area contributed by atoms with Crippen molar-refractivity contribution in [2.45, 2.75) is 58.5 Å². The second-order valence-corrected chi connectivity index (χ2v) is 12.2. The van der Waals surface area contributed by atoms with Crippen LogP contribution in [0.15, 0.2) is 59.6 Å². The van der Waals surface area contributed by atoms with Crippen molar-refractivity contribution in [1.29, 1.82) is 0 Å². The van der Waals surface area contributed by atoms with Crippen molar-refractivity contribution >= 4 is 29.4 Å². The maximum absolute atomic E-state index is 13.8. The van der Waals surface area contributed by atoms with Gasteiger partial charge in [0.25, 0.3) is 0 Å². The molecular weight excluding hydrogens is 536 g/mol. The summed E-state index contributed by atoms with van der Waals surface area (Å²) in [6.07, 6.45) is 3.64. The highest BCUT2D eigenvalue weighted by Gasteiger charge is 2.40. The number of ether oxygens (including phenoxy) is 2. The van der Waals surface area contributed by atoms with E-state index in [0.717, 1.165) is 27.3 Å². The molecule has 2 atom stereocenters. The highest BCUT2D eigenvalue weighted by molar-refractivity contribution is 7.98. The number of aryl methyl sites for hydroxylation is 3. The van der Waals surface area contributed by atoms with Crippen molar-refractivity contribution in [2.75, 3.05) is 19.3 Å². The fraction of sp³-hybridized carbons (Fsp3) is 0.394. The number of carbonyl (C=O) groups excluding carboxylic acids is 3. The molecule has 0 aliphatic carbocycles. The van der Waals surface area contributed by atoms with Gasteiger partial charge in [0.05, 0.1) is 6.20 Å². The van der Waals surface area contributed by atoms with Gasteiger partial charge >= 0.3 is 6.09 Å². The van der Waals surface area contributed by atoms with Gasteiger partial charge in [0.2, 0.25) is 0 Å². The average molecular weight is 575 g/mol. The number of ketones is 2. The van der Waals surface area contributed by atoms with Gasteiger partial charge in [-0.2, -0.15) is 0 Å². The predicted molar refractivity (Wildman–Crippen MR) is 161 cm³/mol. The van der Waals surface area contributed by atoms with Gasteiger partial charge in [0.15, 0.2) is 22.9 Å². The molecule has 2 unspecified atom stereocenters. The molecule has 0 radical (unpaired) electrons. The van der Waals surface area contributed by atoms with Crippen LogP contribution >= 0.6 is 11.8 Å². The Hall–Kier alpha value is -3.65. The maximum atomic E-state index is 13.8. The van der Waals surface area contributed by atoms with E-state index in [0.29, 0.717) is 30.0 Å². The number of Topliss-reactive ketones (excluding diaryl/α,β-unsaturated/α-hetero) is 2. The number of amides is 1. The van der Waals surface area contributed by atoms with E-state index in [1.54, 1.807) is 42.6 Å². The molecular formula is C33H38N2O5S. The van der Waals surface area contributed by atoms with Crippen LogP contribution in [-0.4, -0.2) is 52.5 Å². The van der Waals surface area contributed by atoms with Crippen LogP contribution in [0.4, 0.5) is 4.79 Å². The molecule has 1 saturated heterocycles. The second-order valence-electron chi connectivity index (χ2n) is 11.3. The number of carbonyl (C=O) groups is 3. The van der Waals surface area contributed by atoms with Gasteiger partial charge in [0, 0.05) is 35.2 Å². The van der Waals surface area contributed by atoms with Gasteiger partial charge in [-0.05, 0) is 101 Å². The summed E-state index contributed by atoms with van der Waals surface area (Å²) >= 11 is 1.62. The summed E-state index contributed by atoms with van der Waals surface area (Å²) in [5, 5.41) is 0. The van der Waals surface area contributed by atoms with Gasteiger partial charge in [-0.15, -0.1) is 11.8 Å². The normalized spacial score (nSPS) is 16.9. The minimum Gasteiger partial charge on any atom is -0.480 e. The fourth-order valence-electron chi connectivity index (χ4n) is 5.12. The van der Waals surface area contributed by atoms with Crippen molar-refractivity contribution in [1.82, 2.24) is 9.88 Å². The third-order valence-corrected chi connectivity index (χ3v) is 8.47. The molecule has 2 heterocycles. The molecule has 1 fully saturated rings. The van der Waals surface area contributed by atoms with E-state index in [1.807, 2.05) is 63.4 Å². The molecule has 0 spiro atoms. The number of aromatic nitrogens is 1. The minimum absolute atomic E-state index is 0.0200. The number of benzene rings is 2. The number of rotatable bonds is 9. The van der Waals surface area contributed by atoms with E-state index >= 15 is 0 Å². The molecule has 3 aromatic rings. The zero-order chi connectivity index (χ0) is 29.9. The number of likely N-dealkylation sites (tertiary alicyclic amines) is 1. The van der Waals surface area contributed by atoms with Gasteiger partial charge in [-0.25, -0.2) is 4.79 Å². The summed E-state index contributed by atoms with van der Waals surface area (Å²) in [6.45, 7) is 11.5. The van der Waals surface area contributed by atoms with Gasteiger partial charge in [0.1, 0.15) is 5.75 Å².